The number of carbonyl (C=O) groups is 3. The number of rotatable bonds is 5. The first-order valence-electron chi connectivity index (χ1n) is 7.37. The molecule has 1 fully saturated rings. The lowest BCUT2D eigenvalue weighted by Crippen LogP contribution is -2.46. The van der Waals surface area contributed by atoms with Gasteiger partial charge in [0.1, 0.15) is 6.54 Å². The van der Waals surface area contributed by atoms with Crippen molar-refractivity contribution in [1.82, 2.24) is 10.2 Å². The highest BCUT2D eigenvalue weighted by Gasteiger charge is 2.28. The van der Waals surface area contributed by atoms with E-state index in [1.807, 2.05) is 30.3 Å². The molecule has 22 heavy (non-hydrogen) atoms. The maximum absolute atomic E-state index is 12.3. The summed E-state index contributed by atoms with van der Waals surface area (Å²) >= 11 is 0. The summed E-state index contributed by atoms with van der Waals surface area (Å²) < 4.78 is 0. The molecular weight excluding hydrogens is 284 g/mol. The van der Waals surface area contributed by atoms with Gasteiger partial charge in [-0.1, -0.05) is 30.3 Å². The quantitative estimate of drug-likeness (QED) is 0.837. The van der Waals surface area contributed by atoms with Crippen LogP contribution in [0.25, 0.3) is 0 Å². The summed E-state index contributed by atoms with van der Waals surface area (Å²) in [5.41, 5.74) is 0.949. The summed E-state index contributed by atoms with van der Waals surface area (Å²) in [5, 5.41) is 11.0. The Balaban J connectivity index is 1.88. The third-order valence-corrected chi connectivity index (χ3v) is 3.76. The SMILES string of the molecule is O=C(O)CNC(=O)C1CCCN(C(=O)Cc2ccccc2)C1. The van der Waals surface area contributed by atoms with E-state index in [0.717, 1.165) is 12.0 Å². The summed E-state index contributed by atoms with van der Waals surface area (Å²) in [6.45, 7) is 0.624. The van der Waals surface area contributed by atoms with Crippen molar-refractivity contribution in [2.75, 3.05) is 19.6 Å². The molecule has 0 aliphatic carbocycles. The summed E-state index contributed by atoms with van der Waals surface area (Å²) in [4.78, 5) is 36.4. The lowest BCUT2D eigenvalue weighted by Gasteiger charge is -2.32. The first kappa shape index (κ1) is 16.0. The summed E-state index contributed by atoms with van der Waals surface area (Å²) in [6.07, 6.45) is 1.76. The van der Waals surface area contributed by atoms with Gasteiger partial charge in [-0.15, -0.1) is 0 Å². The molecule has 0 saturated carbocycles. The Morgan fingerprint density at radius 1 is 1.23 bits per heavy atom. The minimum Gasteiger partial charge on any atom is -0.480 e. The number of hydrogen-bond acceptors (Lipinski definition) is 3. The van der Waals surface area contributed by atoms with Crippen molar-refractivity contribution in [3.8, 4) is 0 Å². The zero-order valence-corrected chi connectivity index (χ0v) is 12.3. The maximum Gasteiger partial charge on any atom is 0.322 e. The van der Waals surface area contributed by atoms with Crippen molar-refractivity contribution < 1.29 is 19.5 Å². The van der Waals surface area contributed by atoms with Crippen LogP contribution in [0.15, 0.2) is 30.3 Å². The number of carbonyl (C=O) groups excluding carboxylic acids is 2. The first-order chi connectivity index (χ1) is 10.6. The summed E-state index contributed by atoms with van der Waals surface area (Å²) in [7, 11) is 0. The van der Waals surface area contributed by atoms with Gasteiger partial charge in [0.2, 0.25) is 11.8 Å². The van der Waals surface area contributed by atoms with E-state index in [2.05, 4.69) is 5.32 Å². The Labute approximate surface area is 129 Å². The van der Waals surface area contributed by atoms with E-state index < -0.39 is 5.97 Å². The molecule has 118 valence electrons. The largest absolute Gasteiger partial charge is 0.480 e. The fourth-order valence-corrected chi connectivity index (χ4v) is 2.61. The third-order valence-electron chi connectivity index (χ3n) is 3.76. The number of nitrogens with zero attached hydrogens (tertiary/aromatic N) is 1. The van der Waals surface area contributed by atoms with Gasteiger partial charge in [0.05, 0.1) is 12.3 Å². The molecule has 0 radical (unpaired) electrons. The van der Waals surface area contributed by atoms with E-state index in [1.54, 1.807) is 4.90 Å². The molecule has 1 aliphatic rings. The van der Waals surface area contributed by atoms with Gasteiger partial charge in [0, 0.05) is 13.1 Å². The molecule has 2 amide bonds. The number of benzene rings is 1. The molecule has 1 aliphatic heterocycles. The zero-order valence-electron chi connectivity index (χ0n) is 12.3. The lowest BCUT2D eigenvalue weighted by molar-refractivity contribution is -0.140. The predicted molar refractivity (Wildman–Crippen MR) is 80.1 cm³/mol. The molecule has 1 atom stereocenters. The number of aliphatic carboxylic acids is 1. The predicted octanol–water partition coefficient (Wildman–Crippen LogP) is 0.669. The van der Waals surface area contributed by atoms with Crippen molar-refractivity contribution in [2.45, 2.75) is 19.3 Å². The van der Waals surface area contributed by atoms with Crippen LogP contribution >= 0.6 is 0 Å². The highest BCUT2D eigenvalue weighted by atomic mass is 16.4. The topological polar surface area (TPSA) is 86.7 Å². The van der Waals surface area contributed by atoms with Crippen LogP contribution in [0.3, 0.4) is 0 Å². The molecule has 1 aromatic rings. The molecule has 1 unspecified atom stereocenters. The van der Waals surface area contributed by atoms with Crippen LogP contribution in [0.2, 0.25) is 0 Å². The maximum atomic E-state index is 12.3. The first-order valence-corrected chi connectivity index (χ1v) is 7.37. The van der Waals surface area contributed by atoms with Crippen LogP contribution in [-0.2, 0) is 20.8 Å². The van der Waals surface area contributed by atoms with Crippen molar-refractivity contribution in [3.05, 3.63) is 35.9 Å². The van der Waals surface area contributed by atoms with Crippen molar-refractivity contribution in [3.63, 3.8) is 0 Å². The minimum atomic E-state index is -1.07. The Kier molecular flexibility index (Phi) is 5.52. The van der Waals surface area contributed by atoms with Gasteiger partial charge < -0.3 is 15.3 Å². The van der Waals surface area contributed by atoms with Gasteiger partial charge in [-0.25, -0.2) is 0 Å². The normalized spacial score (nSPS) is 17.8. The Hall–Kier alpha value is -2.37. The van der Waals surface area contributed by atoms with E-state index in [-0.39, 0.29) is 24.3 Å². The van der Waals surface area contributed by atoms with Crippen molar-refractivity contribution in [1.29, 1.82) is 0 Å². The van der Waals surface area contributed by atoms with Crippen LogP contribution in [-0.4, -0.2) is 47.4 Å². The number of piperidine rings is 1. The highest BCUT2D eigenvalue weighted by molar-refractivity contribution is 5.84. The third kappa shape index (κ3) is 4.58. The van der Waals surface area contributed by atoms with E-state index in [1.165, 1.54) is 0 Å². The van der Waals surface area contributed by atoms with Crippen LogP contribution in [0.1, 0.15) is 18.4 Å². The van der Waals surface area contributed by atoms with Gasteiger partial charge in [0.15, 0.2) is 0 Å². The van der Waals surface area contributed by atoms with Gasteiger partial charge >= 0.3 is 5.97 Å². The molecule has 2 N–H and O–H groups in total. The van der Waals surface area contributed by atoms with Gasteiger partial charge in [-0.2, -0.15) is 0 Å². The Bertz CT molecular complexity index is 544. The minimum absolute atomic E-state index is 0.00179. The van der Waals surface area contributed by atoms with Crippen LogP contribution in [0, 0.1) is 5.92 Å². The van der Waals surface area contributed by atoms with Gasteiger partial charge in [0.25, 0.3) is 0 Å². The van der Waals surface area contributed by atoms with Crippen molar-refractivity contribution >= 4 is 17.8 Å². The van der Waals surface area contributed by atoms with Crippen LogP contribution in [0.5, 0.6) is 0 Å². The summed E-state index contributed by atoms with van der Waals surface area (Å²) in [6, 6.07) is 9.48. The van der Waals surface area contributed by atoms with E-state index in [4.69, 9.17) is 5.11 Å². The molecule has 6 nitrogen and oxygen atoms in total. The monoisotopic (exact) mass is 304 g/mol. The van der Waals surface area contributed by atoms with E-state index >= 15 is 0 Å². The van der Waals surface area contributed by atoms with Crippen LogP contribution < -0.4 is 5.32 Å². The molecule has 0 aromatic heterocycles. The second kappa shape index (κ2) is 7.59. The number of hydrogen-bond donors (Lipinski definition) is 2. The van der Waals surface area contributed by atoms with Gasteiger partial charge in [-0.3, -0.25) is 14.4 Å². The highest BCUT2D eigenvalue weighted by Crippen LogP contribution is 2.17. The molecule has 0 bridgehead atoms. The fraction of sp³-hybridized carbons (Fsp3) is 0.438. The average Bonchev–Trinajstić information content (AvgIpc) is 2.53. The van der Waals surface area contributed by atoms with Crippen LogP contribution in [0.4, 0.5) is 0 Å². The van der Waals surface area contributed by atoms with E-state index in [9.17, 15) is 14.4 Å². The number of carboxylic acid groups (broad SMARTS) is 1. The summed E-state index contributed by atoms with van der Waals surface area (Å²) in [5.74, 6) is -1.68. The Morgan fingerprint density at radius 2 is 1.95 bits per heavy atom. The van der Waals surface area contributed by atoms with E-state index in [0.29, 0.717) is 25.9 Å². The molecule has 6 heteroatoms. The molecular formula is C16H20N2O4. The standard InChI is InChI=1S/C16H20N2O4/c19-14(9-12-5-2-1-3-6-12)18-8-4-7-13(11-18)16(22)17-10-15(20)21/h1-3,5-6,13H,4,7-11H2,(H,17,22)(H,20,21). The van der Waals surface area contributed by atoms with Gasteiger partial charge in [-0.05, 0) is 18.4 Å². The second-order valence-electron chi connectivity index (χ2n) is 5.45. The molecule has 1 heterocycles. The molecule has 1 saturated heterocycles. The Morgan fingerprint density at radius 3 is 2.64 bits per heavy atom. The number of likely N-dealkylation sites (tertiary alicyclic amines) is 1. The van der Waals surface area contributed by atoms with Crippen molar-refractivity contribution in [2.24, 2.45) is 5.92 Å². The smallest absolute Gasteiger partial charge is 0.322 e. The average molecular weight is 304 g/mol. The number of nitrogens with one attached hydrogen (secondary N) is 1. The fourth-order valence-electron chi connectivity index (χ4n) is 2.61. The second-order valence-corrected chi connectivity index (χ2v) is 5.45. The number of carboxylic acids is 1. The molecule has 1 aromatic carbocycles. The number of amides is 2. The zero-order chi connectivity index (χ0) is 15.9. The lowest BCUT2D eigenvalue weighted by atomic mass is 9.96. The molecule has 0 spiro atoms. The molecule has 2 rings (SSSR count).